The monoisotopic (exact) mass is 226 g/mol. The third kappa shape index (κ3) is 2.00. The third-order valence-corrected chi connectivity index (χ3v) is 3.19. The van der Waals surface area contributed by atoms with E-state index in [2.05, 4.69) is 0 Å². The number of hydrogen-bond acceptors (Lipinski definition) is 1. The summed E-state index contributed by atoms with van der Waals surface area (Å²) < 4.78 is 0. The Labute approximate surface area is 95.7 Å². The van der Waals surface area contributed by atoms with Crippen molar-refractivity contribution in [3.8, 4) is 0 Å². The maximum absolute atomic E-state index is 11.3. The lowest BCUT2D eigenvalue weighted by Gasteiger charge is -2.24. The van der Waals surface area contributed by atoms with Gasteiger partial charge in [-0.25, -0.2) is 0 Å². The van der Waals surface area contributed by atoms with E-state index in [0.717, 1.165) is 31.2 Å². The molecule has 1 fully saturated rings. The Hall–Kier alpha value is -1.02. The molecule has 0 unspecified atom stereocenters. The topological polar surface area (TPSA) is 37.3 Å². The number of halogens is 1. The lowest BCUT2D eigenvalue weighted by molar-refractivity contribution is -0.143. The van der Waals surface area contributed by atoms with Crippen LogP contribution in [0.2, 0.25) is 0 Å². The molecule has 1 aliphatic carbocycles. The van der Waals surface area contributed by atoms with Crippen LogP contribution in [0, 0.1) is 0 Å². The van der Waals surface area contributed by atoms with Crippen molar-refractivity contribution < 1.29 is 9.90 Å². The quantitative estimate of drug-likeness (QED) is 0.842. The molecular formula is C12H15ClO2. The molecule has 2 rings (SSSR count). The number of carbonyl (C=O) groups is 1. The van der Waals surface area contributed by atoms with Gasteiger partial charge < -0.3 is 5.11 Å². The van der Waals surface area contributed by atoms with Gasteiger partial charge in [-0.15, -0.1) is 12.4 Å². The van der Waals surface area contributed by atoms with Crippen LogP contribution in [0.5, 0.6) is 0 Å². The van der Waals surface area contributed by atoms with Crippen molar-refractivity contribution in [2.75, 3.05) is 0 Å². The Morgan fingerprint density at radius 1 is 1.13 bits per heavy atom. The smallest absolute Gasteiger partial charge is 0.314 e. The SMILES string of the molecule is Cl.O=C(O)C1(c2ccccc2)CCCC1. The van der Waals surface area contributed by atoms with Crippen molar-refractivity contribution in [2.24, 2.45) is 0 Å². The molecule has 0 atom stereocenters. The molecule has 1 saturated carbocycles. The van der Waals surface area contributed by atoms with Crippen LogP contribution in [0.1, 0.15) is 31.2 Å². The summed E-state index contributed by atoms with van der Waals surface area (Å²) in [5, 5.41) is 9.32. The van der Waals surface area contributed by atoms with Crippen LogP contribution in [-0.2, 0) is 10.2 Å². The fraction of sp³-hybridized carbons (Fsp3) is 0.417. The zero-order chi connectivity index (χ0) is 10.0. The second-order valence-electron chi connectivity index (χ2n) is 3.96. The van der Waals surface area contributed by atoms with E-state index in [1.54, 1.807) is 0 Å². The van der Waals surface area contributed by atoms with Crippen molar-refractivity contribution in [3.05, 3.63) is 35.9 Å². The Kier molecular flexibility index (Phi) is 3.75. The van der Waals surface area contributed by atoms with E-state index in [0.29, 0.717) is 0 Å². The summed E-state index contributed by atoms with van der Waals surface area (Å²) in [5.41, 5.74) is 0.367. The van der Waals surface area contributed by atoms with E-state index in [1.165, 1.54) is 0 Å². The Bertz CT molecular complexity index is 329. The van der Waals surface area contributed by atoms with E-state index in [4.69, 9.17) is 0 Å². The Morgan fingerprint density at radius 3 is 2.13 bits per heavy atom. The van der Waals surface area contributed by atoms with Gasteiger partial charge >= 0.3 is 5.97 Å². The predicted molar refractivity (Wildman–Crippen MR) is 61.5 cm³/mol. The van der Waals surface area contributed by atoms with Crippen LogP contribution in [0.3, 0.4) is 0 Å². The molecule has 0 spiro atoms. The van der Waals surface area contributed by atoms with E-state index in [1.807, 2.05) is 30.3 Å². The van der Waals surface area contributed by atoms with Gasteiger partial charge in [-0.1, -0.05) is 43.2 Å². The standard InChI is InChI=1S/C12H14O2.ClH/c13-11(14)12(8-4-5-9-12)10-6-2-1-3-7-10;/h1-3,6-7H,4-5,8-9H2,(H,13,14);1H. The van der Waals surface area contributed by atoms with Gasteiger partial charge in [0.15, 0.2) is 0 Å². The Morgan fingerprint density at radius 2 is 1.67 bits per heavy atom. The highest BCUT2D eigenvalue weighted by Crippen LogP contribution is 2.41. The van der Waals surface area contributed by atoms with Crippen molar-refractivity contribution in [2.45, 2.75) is 31.1 Å². The van der Waals surface area contributed by atoms with Crippen molar-refractivity contribution >= 4 is 18.4 Å². The summed E-state index contributed by atoms with van der Waals surface area (Å²) >= 11 is 0. The zero-order valence-corrected chi connectivity index (χ0v) is 9.30. The largest absolute Gasteiger partial charge is 0.481 e. The number of aliphatic carboxylic acids is 1. The number of rotatable bonds is 2. The Balaban J connectivity index is 0.00000112. The molecule has 0 saturated heterocycles. The van der Waals surface area contributed by atoms with Crippen LogP contribution >= 0.6 is 12.4 Å². The van der Waals surface area contributed by atoms with Crippen LogP contribution in [0.25, 0.3) is 0 Å². The van der Waals surface area contributed by atoms with Gasteiger partial charge in [-0.05, 0) is 18.4 Å². The molecule has 0 aliphatic heterocycles. The van der Waals surface area contributed by atoms with Crippen LogP contribution < -0.4 is 0 Å². The molecule has 0 bridgehead atoms. The summed E-state index contributed by atoms with van der Waals surface area (Å²) in [4.78, 5) is 11.3. The van der Waals surface area contributed by atoms with Gasteiger partial charge in [0.05, 0.1) is 5.41 Å². The minimum absolute atomic E-state index is 0. The van der Waals surface area contributed by atoms with E-state index >= 15 is 0 Å². The lowest BCUT2D eigenvalue weighted by Crippen LogP contribution is -2.32. The minimum Gasteiger partial charge on any atom is -0.481 e. The van der Waals surface area contributed by atoms with Gasteiger partial charge in [0.1, 0.15) is 0 Å². The number of carboxylic acid groups (broad SMARTS) is 1. The molecule has 0 aromatic heterocycles. The van der Waals surface area contributed by atoms with Crippen molar-refractivity contribution in [3.63, 3.8) is 0 Å². The first-order chi connectivity index (χ1) is 6.76. The number of hydrogen-bond donors (Lipinski definition) is 1. The highest BCUT2D eigenvalue weighted by molar-refractivity contribution is 5.85. The zero-order valence-electron chi connectivity index (χ0n) is 8.48. The van der Waals surface area contributed by atoms with Crippen LogP contribution in [0.4, 0.5) is 0 Å². The van der Waals surface area contributed by atoms with E-state index in [-0.39, 0.29) is 12.4 Å². The summed E-state index contributed by atoms with van der Waals surface area (Å²) in [6, 6.07) is 9.61. The first kappa shape index (κ1) is 12.1. The molecule has 0 radical (unpaired) electrons. The maximum atomic E-state index is 11.3. The highest BCUT2D eigenvalue weighted by atomic mass is 35.5. The van der Waals surface area contributed by atoms with Gasteiger partial charge in [-0.2, -0.15) is 0 Å². The number of benzene rings is 1. The maximum Gasteiger partial charge on any atom is 0.314 e. The first-order valence-electron chi connectivity index (χ1n) is 5.05. The normalized spacial score (nSPS) is 18.1. The lowest BCUT2D eigenvalue weighted by atomic mass is 9.79. The fourth-order valence-corrected chi connectivity index (χ4v) is 2.36. The predicted octanol–water partition coefficient (Wildman–Crippen LogP) is 3.00. The minimum atomic E-state index is -0.666. The van der Waals surface area contributed by atoms with Crippen LogP contribution in [-0.4, -0.2) is 11.1 Å². The molecule has 1 aliphatic rings. The molecule has 15 heavy (non-hydrogen) atoms. The van der Waals surface area contributed by atoms with Crippen molar-refractivity contribution in [1.82, 2.24) is 0 Å². The molecular weight excluding hydrogens is 212 g/mol. The molecule has 82 valence electrons. The molecule has 0 heterocycles. The summed E-state index contributed by atoms with van der Waals surface area (Å²) in [6.45, 7) is 0. The van der Waals surface area contributed by atoms with Gasteiger partial charge in [0.2, 0.25) is 0 Å². The number of carboxylic acids is 1. The molecule has 1 N–H and O–H groups in total. The molecule has 0 amide bonds. The van der Waals surface area contributed by atoms with Gasteiger partial charge in [-0.3, -0.25) is 4.79 Å². The summed E-state index contributed by atoms with van der Waals surface area (Å²) in [6.07, 6.45) is 3.63. The van der Waals surface area contributed by atoms with Crippen molar-refractivity contribution in [1.29, 1.82) is 0 Å². The molecule has 3 heteroatoms. The summed E-state index contributed by atoms with van der Waals surface area (Å²) in [5.74, 6) is -0.666. The average molecular weight is 227 g/mol. The van der Waals surface area contributed by atoms with Gasteiger partial charge in [0, 0.05) is 0 Å². The fourth-order valence-electron chi connectivity index (χ4n) is 2.36. The second kappa shape index (κ2) is 4.67. The molecule has 1 aromatic rings. The summed E-state index contributed by atoms with van der Waals surface area (Å²) in [7, 11) is 0. The van der Waals surface area contributed by atoms with E-state index < -0.39 is 11.4 Å². The highest BCUT2D eigenvalue weighted by Gasteiger charge is 2.42. The second-order valence-corrected chi connectivity index (χ2v) is 3.96. The van der Waals surface area contributed by atoms with Gasteiger partial charge in [0.25, 0.3) is 0 Å². The molecule has 1 aromatic carbocycles. The third-order valence-electron chi connectivity index (χ3n) is 3.19. The van der Waals surface area contributed by atoms with E-state index in [9.17, 15) is 9.90 Å². The molecule has 2 nitrogen and oxygen atoms in total. The first-order valence-corrected chi connectivity index (χ1v) is 5.05. The average Bonchev–Trinajstić information content (AvgIpc) is 2.69. The van der Waals surface area contributed by atoms with Crippen LogP contribution in [0.15, 0.2) is 30.3 Å².